The number of amidine groups is 1. The number of carbonyl (C=O) groups excluding carboxylic acids is 1. The summed E-state index contributed by atoms with van der Waals surface area (Å²) in [6.07, 6.45) is -4.08. The maximum absolute atomic E-state index is 12.8. The van der Waals surface area contributed by atoms with E-state index in [1.165, 1.54) is 13.8 Å². The third-order valence-electron chi connectivity index (χ3n) is 5.70. The molecule has 0 bridgehead atoms. The van der Waals surface area contributed by atoms with Crippen LogP contribution >= 0.6 is 0 Å². The third kappa shape index (κ3) is 6.39. The van der Waals surface area contributed by atoms with Crippen LogP contribution in [-0.4, -0.2) is 63.2 Å². The Balaban J connectivity index is 2.10. The van der Waals surface area contributed by atoms with Crippen LogP contribution < -0.4 is 5.32 Å². The van der Waals surface area contributed by atoms with Gasteiger partial charge in [-0.1, -0.05) is 35.9 Å². The van der Waals surface area contributed by atoms with Gasteiger partial charge in [0.25, 0.3) is 0 Å². The molecule has 0 radical (unpaired) electrons. The zero-order valence-corrected chi connectivity index (χ0v) is 18.3. The largest absolute Gasteiger partial charge is 0.390 e. The first kappa shape index (κ1) is 25.5. The molecule has 0 saturated carbocycles. The minimum atomic E-state index is -4.51. The van der Waals surface area contributed by atoms with E-state index in [-0.39, 0.29) is 36.5 Å². The lowest BCUT2D eigenvalue weighted by Gasteiger charge is -2.42. The fraction of sp³-hybridized carbons (Fsp3) is 0.500. The molecule has 7 nitrogen and oxygen atoms in total. The number of halogens is 3. The molecule has 2 atom stereocenters. The van der Waals surface area contributed by atoms with Crippen molar-refractivity contribution in [1.29, 1.82) is 10.8 Å². The molecule has 1 aromatic rings. The van der Waals surface area contributed by atoms with E-state index in [1.54, 1.807) is 30.3 Å². The minimum Gasteiger partial charge on any atom is -0.387 e. The molecule has 10 heteroatoms. The number of benzene rings is 1. The fourth-order valence-electron chi connectivity index (χ4n) is 3.20. The Labute approximate surface area is 185 Å². The zero-order valence-electron chi connectivity index (χ0n) is 18.3. The highest BCUT2D eigenvalue weighted by molar-refractivity contribution is 6.07. The van der Waals surface area contributed by atoms with Gasteiger partial charge in [-0.3, -0.25) is 10.3 Å². The summed E-state index contributed by atoms with van der Waals surface area (Å²) in [5.74, 6) is -0.380. The molecule has 0 heterocycles. The van der Waals surface area contributed by atoms with E-state index in [2.05, 4.69) is 5.32 Å². The second-order valence-corrected chi connectivity index (χ2v) is 8.53. The van der Waals surface area contributed by atoms with Crippen LogP contribution in [0.4, 0.5) is 18.0 Å². The number of hydrogen-bond donors (Lipinski definition) is 5. The zero-order chi connectivity index (χ0) is 24.3. The summed E-state index contributed by atoms with van der Waals surface area (Å²) in [5, 5.41) is 39.5. The highest BCUT2D eigenvalue weighted by Crippen LogP contribution is 2.36. The SMILES string of the molecule is Cc1ccc(C(=N)N(CCC(F)(F)F)C(=O)NCC(=N)C2=CCC(C)(O)C(C)(O)C2)cc1. The van der Waals surface area contributed by atoms with E-state index < -0.39 is 36.4 Å². The Kier molecular flexibility index (Phi) is 7.51. The van der Waals surface area contributed by atoms with E-state index in [1.807, 2.05) is 6.92 Å². The number of aryl methyl sites for hydroxylation is 1. The normalized spacial score (nSPS) is 23.3. The Hall–Kier alpha value is -2.72. The Morgan fingerprint density at radius 2 is 1.75 bits per heavy atom. The smallest absolute Gasteiger partial charge is 0.387 e. The molecule has 0 fully saturated rings. The van der Waals surface area contributed by atoms with Crippen molar-refractivity contribution in [3.63, 3.8) is 0 Å². The molecule has 0 aliphatic heterocycles. The molecular formula is C22H29F3N4O3. The van der Waals surface area contributed by atoms with Gasteiger partial charge >= 0.3 is 12.2 Å². The van der Waals surface area contributed by atoms with Crippen molar-refractivity contribution in [2.75, 3.05) is 13.1 Å². The molecule has 1 aliphatic rings. The molecule has 5 N–H and O–H groups in total. The second kappa shape index (κ2) is 9.41. The molecule has 1 aromatic carbocycles. The van der Waals surface area contributed by atoms with E-state index in [4.69, 9.17) is 10.8 Å². The maximum Gasteiger partial charge on any atom is 0.390 e. The lowest BCUT2D eigenvalue weighted by Crippen LogP contribution is -2.52. The van der Waals surface area contributed by atoms with Gasteiger partial charge in [0.05, 0.1) is 29.9 Å². The topological polar surface area (TPSA) is 121 Å². The molecule has 0 spiro atoms. The molecule has 2 unspecified atom stereocenters. The highest BCUT2D eigenvalue weighted by atomic mass is 19.4. The fourth-order valence-corrected chi connectivity index (χ4v) is 3.20. The Morgan fingerprint density at radius 3 is 2.28 bits per heavy atom. The summed E-state index contributed by atoms with van der Waals surface area (Å²) < 4.78 is 38.3. The molecule has 0 aromatic heterocycles. The van der Waals surface area contributed by atoms with Crippen LogP contribution in [0.1, 0.15) is 44.2 Å². The minimum absolute atomic E-state index is 0.00826. The van der Waals surface area contributed by atoms with Crippen LogP contribution in [0.25, 0.3) is 0 Å². The van der Waals surface area contributed by atoms with Crippen LogP contribution in [0, 0.1) is 17.7 Å². The second-order valence-electron chi connectivity index (χ2n) is 8.53. The van der Waals surface area contributed by atoms with E-state index in [0.717, 1.165) is 5.56 Å². The Morgan fingerprint density at radius 1 is 1.16 bits per heavy atom. The number of aliphatic hydroxyl groups is 2. The molecule has 32 heavy (non-hydrogen) atoms. The Bertz CT molecular complexity index is 906. The van der Waals surface area contributed by atoms with Crippen LogP contribution in [0.2, 0.25) is 0 Å². The summed E-state index contributed by atoms with van der Waals surface area (Å²) in [6.45, 7) is 3.72. The van der Waals surface area contributed by atoms with Gasteiger partial charge in [-0.25, -0.2) is 4.79 Å². The van der Waals surface area contributed by atoms with Crippen LogP contribution in [0.15, 0.2) is 35.9 Å². The lowest BCUT2D eigenvalue weighted by molar-refractivity contribution is -0.135. The average Bonchev–Trinajstić information content (AvgIpc) is 2.67. The molecule has 2 amide bonds. The number of hydrogen-bond acceptors (Lipinski definition) is 5. The number of amides is 2. The van der Waals surface area contributed by atoms with E-state index in [9.17, 15) is 28.2 Å². The molecule has 176 valence electrons. The average molecular weight is 454 g/mol. The standard InChI is InChI=1S/C22H29F3N4O3/c1-14-4-6-15(7-5-14)18(27)29(11-10-22(23,24)25)19(30)28-13-17(26)16-8-9-20(2,31)21(3,32)12-16/h4-8,26-27,31-32H,9-13H2,1-3H3,(H,28,30). The van der Waals surface area contributed by atoms with Crippen molar-refractivity contribution in [1.82, 2.24) is 10.2 Å². The monoisotopic (exact) mass is 454 g/mol. The number of carbonyl (C=O) groups is 1. The van der Waals surface area contributed by atoms with Gasteiger partial charge in [0, 0.05) is 18.5 Å². The maximum atomic E-state index is 12.8. The van der Waals surface area contributed by atoms with Gasteiger partial charge in [0.1, 0.15) is 5.84 Å². The van der Waals surface area contributed by atoms with Crippen molar-refractivity contribution in [3.8, 4) is 0 Å². The van der Waals surface area contributed by atoms with Gasteiger partial charge in [-0.05, 0) is 32.8 Å². The third-order valence-corrected chi connectivity index (χ3v) is 5.70. The van der Waals surface area contributed by atoms with E-state index in [0.29, 0.717) is 10.5 Å². The summed E-state index contributed by atoms with van der Waals surface area (Å²) in [5.41, 5.74) is -1.26. The van der Waals surface area contributed by atoms with Gasteiger partial charge in [-0.15, -0.1) is 0 Å². The van der Waals surface area contributed by atoms with E-state index >= 15 is 0 Å². The van der Waals surface area contributed by atoms with Crippen molar-refractivity contribution in [2.24, 2.45) is 0 Å². The number of nitrogens with one attached hydrogen (secondary N) is 3. The van der Waals surface area contributed by atoms with Crippen LogP contribution in [0.5, 0.6) is 0 Å². The summed E-state index contributed by atoms with van der Waals surface area (Å²) >= 11 is 0. The predicted octanol–water partition coefficient (Wildman–Crippen LogP) is 3.53. The summed E-state index contributed by atoms with van der Waals surface area (Å²) in [6, 6.07) is 5.55. The molecule has 0 saturated heterocycles. The van der Waals surface area contributed by atoms with Gasteiger partial charge < -0.3 is 20.9 Å². The van der Waals surface area contributed by atoms with Crippen molar-refractivity contribution >= 4 is 17.6 Å². The van der Waals surface area contributed by atoms with Crippen LogP contribution in [-0.2, 0) is 0 Å². The molecule has 2 rings (SSSR count). The van der Waals surface area contributed by atoms with Gasteiger partial charge in [-0.2, -0.15) is 13.2 Å². The summed E-state index contributed by atoms with van der Waals surface area (Å²) in [7, 11) is 0. The first-order valence-corrected chi connectivity index (χ1v) is 10.1. The van der Waals surface area contributed by atoms with Gasteiger partial charge in [0.15, 0.2) is 0 Å². The first-order chi connectivity index (χ1) is 14.6. The van der Waals surface area contributed by atoms with Crippen molar-refractivity contribution < 1.29 is 28.2 Å². The number of urea groups is 1. The number of alkyl halides is 3. The summed E-state index contributed by atoms with van der Waals surface area (Å²) in [4.78, 5) is 13.4. The van der Waals surface area contributed by atoms with Crippen LogP contribution in [0.3, 0.4) is 0 Å². The predicted molar refractivity (Wildman–Crippen MR) is 115 cm³/mol. The quantitative estimate of drug-likeness (QED) is 0.334. The van der Waals surface area contributed by atoms with Gasteiger partial charge in [0.2, 0.25) is 0 Å². The first-order valence-electron chi connectivity index (χ1n) is 10.1. The van der Waals surface area contributed by atoms with Crippen molar-refractivity contribution in [3.05, 3.63) is 47.0 Å². The molecular weight excluding hydrogens is 425 g/mol. The van der Waals surface area contributed by atoms with Crippen molar-refractivity contribution in [2.45, 2.75) is 57.4 Å². The lowest BCUT2D eigenvalue weighted by atomic mass is 9.73. The number of rotatable bonds is 6. The number of nitrogens with zero attached hydrogens (tertiary/aromatic N) is 1. The highest BCUT2D eigenvalue weighted by Gasteiger charge is 2.44. The molecule has 1 aliphatic carbocycles.